The van der Waals surface area contributed by atoms with Gasteiger partial charge in [0, 0.05) is 13.1 Å². The van der Waals surface area contributed by atoms with Gasteiger partial charge in [0.05, 0.1) is 0 Å². The lowest BCUT2D eigenvalue weighted by molar-refractivity contribution is 0.242. The summed E-state index contributed by atoms with van der Waals surface area (Å²) < 4.78 is 0. The zero-order valence-corrected chi connectivity index (χ0v) is 11.2. The minimum atomic E-state index is 0. The minimum absolute atomic E-state index is 0. The van der Waals surface area contributed by atoms with Crippen molar-refractivity contribution in [1.82, 2.24) is 10.2 Å². The Morgan fingerprint density at radius 3 is 2.56 bits per heavy atom. The number of hydrogen-bond donors (Lipinski definition) is 1. The summed E-state index contributed by atoms with van der Waals surface area (Å²) in [5, 5.41) is 3.47. The molecular weight excluding hydrogens is 220 g/mol. The van der Waals surface area contributed by atoms with Gasteiger partial charge in [-0.15, -0.1) is 12.4 Å². The van der Waals surface area contributed by atoms with E-state index in [1.807, 2.05) is 0 Å². The molecule has 0 amide bonds. The van der Waals surface area contributed by atoms with Gasteiger partial charge >= 0.3 is 0 Å². The quantitative estimate of drug-likeness (QED) is 0.824. The van der Waals surface area contributed by atoms with E-state index in [9.17, 15) is 0 Å². The predicted molar refractivity (Wildman–Crippen MR) is 72.4 cm³/mol. The summed E-state index contributed by atoms with van der Waals surface area (Å²) in [6.45, 7) is 6.36. The molecule has 1 saturated heterocycles. The molecule has 2 rings (SSSR count). The van der Waals surface area contributed by atoms with Crippen molar-refractivity contribution in [2.45, 2.75) is 44.9 Å². The van der Waals surface area contributed by atoms with Crippen molar-refractivity contribution in [2.75, 3.05) is 32.7 Å². The lowest BCUT2D eigenvalue weighted by atomic mass is 9.87. The molecule has 1 N–H and O–H groups in total. The van der Waals surface area contributed by atoms with Crippen LogP contribution in [0.5, 0.6) is 0 Å². The average molecular weight is 247 g/mol. The average Bonchev–Trinajstić information content (AvgIpc) is 2.56. The molecule has 16 heavy (non-hydrogen) atoms. The van der Waals surface area contributed by atoms with Gasteiger partial charge in [-0.3, -0.25) is 0 Å². The Balaban J connectivity index is 0.00000128. The molecule has 0 aromatic heterocycles. The van der Waals surface area contributed by atoms with E-state index in [-0.39, 0.29) is 12.4 Å². The van der Waals surface area contributed by atoms with Crippen molar-refractivity contribution >= 4 is 12.4 Å². The summed E-state index contributed by atoms with van der Waals surface area (Å²) >= 11 is 0. The van der Waals surface area contributed by atoms with E-state index in [0.29, 0.717) is 0 Å². The molecule has 0 aromatic rings. The van der Waals surface area contributed by atoms with Crippen LogP contribution in [0.4, 0.5) is 0 Å². The molecule has 2 aliphatic rings. The van der Waals surface area contributed by atoms with E-state index >= 15 is 0 Å². The highest BCUT2D eigenvalue weighted by atomic mass is 35.5. The summed E-state index contributed by atoms with van der Waals surface area (Å²) in [6.07, 6.45) is 10.3. The van der Waals surface area contributed by atoms with Gasteiger partial charge in [0.25, 0.3) is 0 Å². The molecule has 1 aliphatic carbocycles. The molecule has 3 heteroatoms. The van der Waals surface area contributed by atoms with Crippen molar-refractivity contribution in [3.05, 3.63) is 0 Å². The lowest BCUT2D eigenvalue weighted by Crippen LogP contribution is -2.30. The Labute approximate surface area is 107 Å². The first kappa shape index (κ1) is 14.3. The highest BCUT2D eigenvalue weighted by Gasteiger charge is 2.15. The number of rotatable bonds is 3. The summed E-state index contributed by atoms with van der Waals surface area (Å²) in [5.41, 5.74) is 0. The SMILES string of the molecule is C1CCC(CCN2CCCNCC2)CC1.Cl. The Kier molecular flexibility index (Phi) is 7.42. The molecule has 0 bridgehead atoms. The fraction of sp³-hybridized carbons (Fsp3) is 1.00. The third-order valence-corrected chi connectivity index (χ3v) is 4.01. The maximum absolute atomic E-state index is 3.47. The normalized spacial score (nSPS) is 24.8. The standard InChI is InChI=1S/C13H26N2.ClH/c1-2-5-13(6-3-1)7-11-15-10-4-8-14-9-12-15;/h13-14H,1-12H2;1H. The van der Waals surface area contributed by atoms with Crippen LogP contribution >= 0.6 is 12.4 Å². The van der Waals surface area contributed by atoms with Gasteiger partial charge in [-0.1, -0.05) is 32.1 Å². The zero-order chi connectivity index (χ0) is 10.3. The first-order valence-corrected chi connectivity index (χ1v) is 6.88. The van der Waals surface area contributed by atoms with Crippen molar-refractivity contribution in [1.29, 1.82) is 0 Å². The smallest absolute Gasteiger partial charge is 0.0107 e. The summed E-state index contributed by atoms with van der Waals surface area (Å²) in [6, 6.07) is 0. The molecule has 0 spiro atoms. The second kappa shape index (κ2) is 8.32. The molecule has 0 unspecified atom stereocenters. The topological polar surface area (TPSA) is 15.3 Å². The third-order valence-electron chi connectivity index (χ3n) is 4.01. The summed E-state index contributed by atoms with van der Waals surface area (Å²) in [5.74, 6) is 1.05. The Bertz CT molecular complexity index is 161. The van der Waals surface area contributed by atoms with Crippen LogP contribution in [0.2, 0.25) is 0 Å². The van der Waals surface area contributed by atoms with Crippen LogP contribution in [0.25, 0.3) is 0 Å². The minimum Gasteiger partial charge on any atom is -0.315 e. The Hall–Kier alpha value is 0.210. The van der Waals surface area contributed by atoms with E-state index in [1.54, 1.807) is 0 Å². The zero-order valence-electron chi connectivity index (χ0n) is 10.4. The molecule has 2 fully saturated rings. The molecule has 96 valence electrons. The molecule has 0 atom stereocenters. The van der Waals surface area contributed by atoms with Crippen LogP contribution < -0.4 is 5.32 Å². The Morgan fingerprint density at radius 1 is 0.938 bits per heavy atom. The third kappa shape index (κ3) is 5.03. The molecule has 2 nitrogen and oxygen atoms in total. The van der Waals surface area contributed by atoms with Gasteiger partial charge < -0.3 is 10.2 Å². The molecule has 1 aliphatic heterocycles. The second-order valence-electron chi connectivity index (χ2n) is 5.24. The van der Waals surface area contributed by atoms with Crippen molar-refractivity contribution < 1.29 is 0 Å². The summed E-state index contributed by atoms with van der Waals surface area (Å²) in [4.78, 5) is 2.66. The first-order chi connectivity index (χ1) is 7.45. The van der Waals surface area contributed by atoms with Gasteiger partial charge in [0.15, 0.2) is 0 Å². The van der Waals surface area contributed by atoms with E-state index in [0.717, 1.165) is 5.92 Å². The van der Waals surface area contributed by atoms with E-state index in [2.05, 4.69) is 10.2 Å². The van der Waals surface area contributed by atoms with Crippen LogP contribution in [0, 0.1) is 5.92 Å². The van der Waals surface area contributed by atoms with E-state index in [1.165, 1.54) is 77.7 Å². The van der Waals surface area contributed by atoms with Gasteiger partial charge in [-0.25, -0.2) is 0 Å². The van der Waals surface area contributed by atoms with Gasteiger partial charge in [0.2, 0.25) is 0 Å². The van der Waals surface area contributed by atoms with Crippen molar-refractivity contribution in [3.63, 3.8) is 0 Å². The largest absolute Gasteiger partial charge is 0.315 e. The maximum atomic E-state index is 3.47. The molecule has 0 aromatic carbocycles. The fourth-order valence-electron chi connectivity index (χ4n) is 2.97. The summed E-state index contributed by atoms with van der Waals surface area (Å²) in [7, 11) is 0. The second-order valence-corrected chi connectivity index (χ2v) is 5.24. The number of halogens is 1. The van der Waals surface area contributed by atoms with Crippen molar-refractivity contribution in [2.24, 2.45) is 5.92 Å². The van der Waals surface area contributed by atoms with Crippen LogP contribution in [0.15, 0.2) is 0 Å². The van der Waals surface area contributed by atoms with Crippen LogP contribution in [-0.2, 0) is 0 Å². The monoisotopic (exact) mass is 246 g/mol. The Morgan fingerprint density at radius 2 is 1.75 bits per heavy atom. The molecule has 1 saturated carbocycles. The number of nitrogens with zero attached hydrogens (tertiary/aromatic N) is 1. The predicted octanol–water partition coefficient (Wildman–Crippen LogP) is 2.67. The molecule has 1 heterocycles. The van der Waals surface area contributed by atoms with Crippen LogP contribution in [0.3, 0.4) is 0 Å². The van der Waals surface area contributed by atoms with Gasteiger partial charge in [-0.05, 0) is 38.4 Å². The first-order valence-electron chi connectivity index (χ1n) is 6.88. The van der Waals surface area contributed by atoms with Gasteiger partial charge in [-0.2, -0.15) is 0 Å². The van der Waals surface area contributed by atoms with Crippen molar-refractivity contribution in [3.8, 4) is 0 Å². The highest BCUT2D eigenvalue weighted by Crippen LogP contribution is 2.26. The highest BCUT2D eigenvalue weighted by molar-refractivity contribution is 5.85. The number of nitrogens with one attached hydrogen (secondary N) is 1. The van der Waals surface area contributed by atoms with Gasteiger partial charge in [0.1, 0.15) is 0 Å². The number of hydrogen-bond acceptors (Lipinski definition) is 2. The lowest BCUT2D eigenvalue weighted by Gasteiger charge is -2.25. The van der Waals surface area contributed by atoms with E-state index in [4.69, 9.17) is 0 Å². The maximum Gasteiger partial charge on any atom is 0.0107 e. The van der Waals surface area contributed by atoms with Crippen LogP contribution in [-0.4, -0.2) is 37.6 Å². The fourth-order valence-corrected chi connectivity index (χ4v) is 2.97. The van der Waals surface area contributed by atoms with E-state index < -0.39 is 0 Å². The van der Waals surface area contributed by atoms with Crippen LogP contribution in [0.1, 0.15) is 44.9 Å². The molecule has 0 radical (unpaired) electrons. The molecular formula is C13H27ClN2.